The Morgan fingerprint density at radius 2 is 0.352 bits per heavy atom. The molecule has 0 aromatic heterocycles. The molecule has 0 N–H and O–H groups in total. The molecule has 0 unspecified atom stereocenters. The Bertz CT molecular complexity index is 981. The molecular formula is C59H124N2O10+2. The maximum absolute atomic E-state index is 5.89. The van der Waals surface area contributed by atoms with Crippen molar-refractivity contribution in [3.05, 3.63) is 0 Å². The van der Waals surface area contributed by atoms with E-state index in [1.165, 1.54) is 199 Å². The molecule has 0 saturated carbocycles. The van der Waals surface area contributed by atoms with Crippen LogP contribution in [0.3, 0.4) is 0 Å². The minimum Gasteiger partial charge on any atom is -0.379 e. The van der Waals surface area contributed by atoms with Crippen LogP contribution in [0, 0.1) is 0 Å². The molecule has 0 bridgehead atoms. The fourth-order valence-corrected chi connectivity index (χ4v) is 8.68. The van der Waals surface area contributed by atoms with E-state index in [1.54, 1.807) is 0 Å². The van der Waals surface area contributed by atoms with Crippen LogP contribution in [0.5, 0.6) is 0 Å². The number of quaternary nitrogens is 2. The Morgan fingerprint density at radius 3 is 0.620 bits per heavy atom. The largest absolute Gasteiger partial charge is 0.379 e. The van der Waals surface area contributed by atoms with Crippen LogP contribution < -0.4 is 0 Å². The second-order valence-electron chi connectivity index (χ2n) is 21.4. The molecule has 0 atom stereocenters. The van der Waals surface area contributed by atoms with Gasteiger partial charge in [-0.1, -0.05) is 174 Å². The Balaban J connectivity index is 3.28. The SMILES string of the molecule is CCCCCCCCCCCCCCCCOCCOCCOCCOCCOCCOCCOCCOCCOCCOCC[N+](C)(C)CCC[N+](C)(C)CCCCCCCCCCCCCCCC. The van der Waals surface area contributed by atoms with Crippen LogP contribution >= 0.6 is 0 Å². The molecular weight excluding hydrogens is 897 g/mol. The van der Waals surface area contributed by atoms with Gasteiger partial charge < -0.3 is 56.3 Å². The summed E-state index contributed by atoms with van der Waals surface area (Å²) in [6, 6.07) is 0. The Kier molecular flexibility index (Phi) is 58.4. The fraction of sp³-hybridized carbons (Fsp3) is 1.00. The van der Waals surface area contributed by atoms with Crippen LogP contribution in [0.2, 0.25) is 0 Å². The van der Waals surface area contributed by atoms with Crippen molar-refractivity contribution in [3.63, 3.8) is 0 Å². The zero-order chi connectivity index (χ0) is 51.5. The second kappa shape index (κ2) is 58.8. The monoisotopic (exact) mass is 1020 g/mol. The van der Waals surface area contributed by atoms with Gasteiger partial charge in [0.2, 0.25) is 0 Å². The van der Waals surface area contributed by atoms with E-state index in [-0.39, 0.29) is 0 Å². The van der Waals surface area contributed by atoms with Gasteiger partial charge in [0.15, 0.2) is 0 Å². The quantitative estimate of drug-likeness (QED) is 0.0433. The summed E-state index contributed by atoms with van der Waals surface area (Å²) in [7, 11) is 9.47. The van der Waals surface area contributed by atoms with Gasteiger partial charge >= 0.3 is 0 Å². The van der Waals surface area contributed by atoms with Gasteiger partial charge in [0.05, 0.1) is 173 Å². The molecule has 0 heterocycles. The van der Waals surface area contributed by atoms with Crippen molar-refractivity contribution in [1.82, 2.24) is 0 Å². The lowest BCUT2D eigenvalue weighted by Crippen LogP contribution is -2.47. The number of hydrogen-bond acceptors (Lipinski definition) is 10. The third-order valence-electron chi connectivity index (χ3n) is 13.5. The second-order valence-corrected chi connectivity index (χ2v) is 21.4. The van der Waals surface area contributed by atoms with Crippen molar-refractivity contribution >= 4 is 0 Å². The van der Waals surface area contributed by atoms with Crippen molar-refractivity contribution < 1.29 is 56.3 Å². The molecule has 12 heteroatoms. The van der Waals surface area contributed by atoms with Gasteiger partial charge in [-0.25, -0.2) is 0 Å². The number of rotatable bonds is 64. The van der Waals surface area contributed by atoms with Crippen molar-refractivity contribution in [1.29, 1.82) is 0 Å². The highest BCUT2D eigenvalue weighted by molar-refractivity contribution is 4.52. The van der Waals surface area contributed by atoms with E-state index >= 15 is 0 Å². The van der Waals surface area contributed by atoms with Gasteiger partial charge in [0.25, 0.3) is 0 Å². The summed E-state index contributed by atoms with van der Waals surface area (Å²) in [5, 5.41) is 0. The number of unbranched alkanes of at least 4 members (excludes halogenated alkanes) is 26. The molecule has 0 fully saturated rings. The van der Waals surface area contributed by atoms with E-state index in [1.807, 2.05) is 0 Å². The summed E-state index contributed by atoms with van der Waals surface area (Å²) in [4.78, 5) is 0. The molecule has 12 nitrogen and oxygen atoms in total. The first kappa shape index (κ1) is 70.5. The van der Waals surface area contributed by atoms with Crippen LogP contribution in [0.1, 0.15) is 200 Å². The van der Waals surface area contributed by atoms with E-state index in [0.29, 0.717) is 119 Å². The highest BCUT2D eigenvalue weighted by Gasteiger charge is 2.19. The maximum Gasteiger partial charge on any atom is 0.102 e. The van der Waals surface area contributed by atoms with E-state index < -0.39 is 0 Å². The minimum absolute atomic E-state index is 0.531. The lowest BCUT2D eigenvalue weighted by atomic mass is 10.0. The molecule has 0 aromatic rings. The molecule has 0 aromatic carbocycles. The van der Waals surface area contributed by atoms with Crippen LogP contribution in [0.4, 0.5) is 0 Å². The first-order valence-corrected chi connectivity index (χ1v) is 30.2. The summed E-state index contributed by atoms with van der Waals surface area (Å²) < 4.78 is 58.5. The van der Waals surface area contributed by atoms with E-state index in [0.717, 1.165) is 35.1 Å². The molecule has 0 saturated heterocycles. The Labute approximate surface area is 441 Å². The molecule has 0 radical (unpaired) electrons. The number of nitrogens with zero attached hydrogens (tertiary/aromatic N) is 2. The maximum atomic E-state index is 5.89. The van der Waals surface area contributed by atoms with Gasteiger partial charge in [0.1, 0.15) is 6.54 Å². The smallest absolute Gasteiger partial charge is 0.102 e. The molecule has 0 aliphatic carbocycles. The van der Waals surface area contributed by atoms with Crippen LogP contribution in [-0.4, -0.2) is 195 Å². The predicted octanol–water partition coefficient (Wildman–Crippen LogP) is 12.7. The van der Waals surface area contributed by atoms with Crippen molar-refractivity contribution in [2.75, 3.05) is 187 Å². The highest BCUT2D eigenvalue weighted by atomic mass is 16.6. The van der Waals surface area contributed by atoms with Crippen LogP contribution in [0.25, 0.3) is 0 Å². The zero-order valence-corrected chi connectivity index (χ0v) is 48.5. The third kappa shape index (κ3) is 62.0. The van der Waals surface area contributed by atoms with Gasteiger partial charge in [0, 0.05) is 13.0 Å². The molecule has 0 amide bonds. The lowest BCUT2D eigenvalue weighted by molar-refractivity contribution is -0.909. The fourth-order valence-electron chi connectivity index (χ4n) is 8.68. The summed E-state index contributed by atoms with van der Waals surface area (Å²) in [5.41, 5.74) is 0. The van der Waals surface area contributed by atoms with Gasteiger partial charge in [-0.05, 0) is 19.3 Å². The molecule has 71 heavy (non-hydrogen) atoms. The number of likely N-dealkylation sites (N-methyl/N-ethyl adjacent to an activating group) is 1. The molecule has 0 spiro atoms. The highest BCUT2D eigenvalue weighted by Crippen LogP contribution is 2.15. The summed E-state index contributed by atoms with van der Waals surface area (Å²) in [5.74, 6) is 0. The molecule has 428 valence electrons. The zero-order valence-electron chi connectivity index (χ0n) is 48.5. The van der Waals surface area contributed by atoms with Gasteiger partial charge in [-0.15, -0.1) is 0 Å². The Hall–Kier alpha value is -0.480. The minimum atomic E-state index is 0.531. The average molecular weight is 1020 g/mol. The van der Waals surface area contributed by atoms with E-state index in [4.69, 9.17) is 47.4 Å². The van der Waals surface area contributed by atoms with Crippen LogP contribution in [-0.2, 0) is 47.4 Å². The average Bonchev–Trinajstić information content (AvgIpc) is 3.35. The number of ether oxygens (including phenoxy) is 10. The van der Waals surface area contributed by atoms with Crippen molar-refractivity contribution in [2.45, 2.75) is 200 Å². The van der Waals surface area contributed by atoms with Gasteiger partial charge in [-0.3, -0.25) is 0 Å². The summed E-state index contributed by atoms with van der Waals surface area (Å²) in [6.45, 7) is 21.0. The standard InChI is InChI=1S/C59H124N2O10/c1-7-9-11-13-15-17-19-21-23-25-27-29-31-33-36-60(3,4)37-35-38-61(5,6)39-41-63-43-45-65-47-49-67-51-53-69-55-57-71-59-58-70-56-54-68-52-50-66-48-46-64-44-42-62-40-34-32-30-28-26-24-22-20-18-16-14-12-10-8-2/h7-59H2,1-6H3/q+2. The van der Waals surface area contributed by atoms with Crippen molar-refractivity contribution in [2.24, 2.45) is 0 Å². The first-order chi connectivity index (χ1) is 34.8. The van der Waals surface area contributed by atoms with Crippen molar-refractivity contribution in [3.8, 4) is 0 Å². The van der Waals surface area contributed by atoms with E-state index in [9.17, 15) is 0 Å². The Morgan fingerprint density at radius 1 is 0.169 bits per heavy atom. The van der Waals surface area contributed by atoms with Gasteiger partial charge in [-0.2, -0.15) is 0 Å². The molecule has 0 aliphatic heterocycles. The van der Waals surface area contributed by atoms with Crippen LogP contribution in [0.15, 0.2) is 0 Å². The summed E-state index contributed by atoms with van der Waals surface area (Å²) >= 11 is 0. The lowest BCUT2D eigenvalue weighted by Gasteiger charge is -2.33. The topological polar surface area (TPSA) is 92.3 Å². The molecule has 0 aliphatic rings. The third-order valence-corrected chi connectivity index (χ3v) is 13.5. The van der Waals surface area contributed by atoms with E-state index in [2.05, 4.69) is 42.0 Å². The number of hydrogen-bond donors (Lipinski definition) is 0. The summed E-state index contributed by atoms with van der Waals surface area (Å²) in [6.07, 6.45) is 40.5. The molecule has 0 rings (SSSR count). The predicted molar refractivity (Wildman–Crippen MR) is 297 cm³/mol. The first-order valence-electron chi connectivity index (χ1n) is 30.2. The normalized spacial score (nSPS) is 12.3.